The number of furan rings is 1. The van der Waals surface area contributed by atoms with Gasteiger partial charge in [0.15, 0.2) is 11.5 Å². The van der Waals surface area contributed by atoms with Crippen molar-refractivity contribution in [2.45, 2.75) is 13.5 Å². The van der Waals surface area contributed by atoms with Gasteiger partial charge in [-0.2, -0.15) is 0 Å². The highest BCUT2D eigenvalue weighted by Gasteiger charge is 2.34. The summed E-state index contributed by atoms with van der Waals surface area (Å²) in [5.74, 6) is -1.44. The standard InChI is InChI=1S/C26H20Cl2N2O8/c1-3-36-22-11-14(4-8-20(22)38-24(32)17-7-5-15(27)12-18(17)28)10-19-23(31)30(26(34)29-19)13-16-6-9-21(37-16)25(33)35-2/h4-12H,3,13H2,1-2H3,(H,29,34)/b19-10-. The van der Waals surface area contributed by atoms with Gasteiger partial charge >= 0.3 is 18.0 Å². The summed E-state index contributed by atoms with van der Waals surface area (Å²) in [6.07, 6.45) is 1.45. The number of rotatable bonds is 8. The number of hydrogen-bond donors (Lipinski definition) is 1. The molecule has 1 saturated heterocycles. The molecule has 38 heavy (non-hydrogen) atoms. The van der Waals surface area contributed by atoms with Crippen LogP contribution < -0.4 is 14.8 Å². The smallest absolute Gasteiger partial charge is 0.373 e. The van der Waals surface area contributed by atoms with E-state index in [4.69, 9.17) is 37.1 Å². The zero-order chi connectivity index (χ0) is 27.4. The van der Waals surface area contributed by atoms with Crippen molar-refractivity contribution in [1.82, 2.24) is 10.2 Å². The summed E-state index contributed by atoms with van der Waals surface area (Å²) in [5, 5.41) is 3.02. The van der Waals surface area contributed by atoms with Gasteiger partial charge in [0.05, 0.1) is 30.8 Å². The molecule has 1 aliphatic heterocycles. The minimum Gasteiger partial charge on any atom is -0.490 e. The van der Waals surface area contributed by atoms with E-state index in [1.807, 2.05) is 0 Å². The Balaban J connectivity index is 1.52. The molecule has 4 rings (SSSR count). The molecule has 3 aromatic rings. The maximum Gasteiger partial charge on any atom is 0.373 e. The highest BCUT2D eigenvalue weighted by molar-refractivity contribution is 6.36. The number of methoxy groups -OCH3 is 1. The van der Waals surface area contributed by atoms with Crippen molar-refractivity contribution in [2.24, 2.45) is 0 Å². The number of imide groups is 1. The average Bonchev–Trinajstić information content (AvgIpc) is 3.45. The lowest BCUT2D eigenvalue weighted by Crippen LogP contribution is -2.30. The summed E-state index contributed by atoms with van der Waals surface area (Å²) in [4.78, 5) is 50.5. The highest BCUT2D eigenvalue weighted by Crippen LogP contribution is 2.32. The maximum atomic E-state index is 12.9. The van der Waals surface area contributed by atoms with E-state index in [2.05, 4.69) is 10.1 Å². The van der Waals surface area contributed by atoms with Crippen LogP contribution in [0.1, 0.15) is 39.2 Å². The molecule has 1 N–H and O–H groups in total. The van der Waals surface area contributed by atoms with Crippen LogP contribution in [0.15, 0.2) is 58.6 Å². The highest BCUT2D eigenvalue weighted by atomic mass is 35.5. The summed E-state index contributed by atoms with van der Waals surface area (Å²) in [7, 11) is 1.21. The van der Waals surface area contributed by atoms with Crippen molar-refractivity contribution < 1.29 is 37.8 Å². The molecule has 0 saturated carbocycles. The molecule has 2 aromatic carbocycles. The van der Waals surface area contributed by atoms with Crippen LogP contribution >= 0.6 is 23.2 Å². The Morgan fingerprint density at radius 3 is 2.53 bits per heavy atom. The molecule has 1 aliphatic rings. The molecular weight excluding hydrogens is 539 g/mol. The van der Waals surface area contributed by atoms with Crippen LogP contribution in [0.3, 0.4) is 0 Å². The van der Waals surface area contributed by atoms with Crippen LogP contribution in [0.25, 0.3) is 6.08 Å². The third-order valence-corrected chi connectivity index (χ3v) is 5.80. The van der Waals surface area contributed by atoms with E-state index in [0.717, 1.165) is 4.90 Å². The van der Waals surface area contributed by atoms with Crippen molar-refractivity contribution in [3.8, 4) is 11.5 Å². The summed E-state index contributed by atoms with van der Waals surface area (Å²) >= 11 is 12.0. The first kappa shape index (κ1) is 26.8. The van der Waals surface area contributed by atoms with E-state index in [0.29, 0.717) is 10.6 Å². The number of hydrogen-bond acceptors (Lipinski definition) is 8. The summed E-state index contributed by atoms with van der Waals surface area (Å²) in [5.41, 5.74) is 0.628. The molecule has 12 heteroatoms. The molecule has 0 unspecified atom stereocenters. The Bertz CT molecular complexity index is 1460. The fraction of sp³-hybridized carbons (Fsp3) is 0.154. The molecule has 0 spiro atoms. The molecular formula is C26H20Cl2N2O8. The number of urea groups is 1. The zero-order valence-corrected chi connectivity index (χ0v) is 21.6. The van der Waals surface area contributed by atoms with Gasteiger partial charge in [0.25, 0.3) is 5.91 Å². The van der Waals surface area contributed by atoms with Gasteiger partial charge in [-0.3, -0.25) is 9.69 Å². The second-order valence-electron chi connectivity index (χ2n) is 7.79. The summed E-state index contributed by atoms with van der Waals surface area (Å²) in [6.45, 7) is 1.84. The molecule has 1 fully saturated rings. The molecule has 0 atom stereocenters. The second-order valence-corrected chi connectivity index (χ2v) is 8.63. The number of ether oxygens (including phenoxy) is 3. The lowest BCUT2D eigenvalue weighted by Gasteiger charge is -2.12. The SMILES string of the molecule is CCOc1cc(/C=C2\NC(=O)N(Cc3ccc(C(=O)OC)o3)C2=O)ccc1OC(=O)c1ccc(Cl)cc1Cl. The van der Waals surface area contributed by atoms with E-state index < -0.39 is 23.9 Å². The second kappa shape index (κ2) is 11.4. The first-order valence-corrected chi connectivity index (χ1v) is 11.9. The Morgan fingerprint density at radius 2 is 1.82 bits per heavy atom. The summed E-state index contributed by atoms with van der Waals surface area (Å²) in [6, 6.07) is 11.2. The van der Waals surface area contributed by atoms with Crippen LogP contribution in [0, 0.1) is 0 Å². The molecule has 0 radical (unpaired) electrons. The Kier molecular flexibility index (Phi) is 8.04. The van der Waals surface area contributed by atoms with E-state index in [1.165, 1.54) is 49.6 Å². The van der Waals surface area contributed by atoms with Gasteiger partial charge in [-0.25, -0.2) is 14.4 Å². The van der Waals surface area contributed by atoms with Crippen LogP contribution in [0.4, 0.5) is 4.79 Å². The number of esters is 2. The van der Waals surface area contributed by atoms with E-state index >= 15 is 0 Å². The fourth-order valence-corrected chi connectivity index (χ4v) is 3.97. The number of nitrogens with zero attached hydrogens (tertiary/aromatic N) is 1. The third kappa shape index (κ3) is 5.82. The van der Waals surface area contributed by atoms with Gasteiger partial charge in [0.1, 0.15) is 11.5 Å². The Labute approximate surface area is 226 Å². The fourth-order valence-electron chi connectivity index (χ4n) is 3.49. The lowest BCUT2D eigenvalue weighted by atomic mass is 10.1. The predicted molar refractivity (Wildman–Crippen MR) is 136 cm³/mol. The molecule has 0 aliphatic carbocycles. The first-order valence-electron chi connectivity index (χ1n) is 11.2. The minimum atomic E-state index is -0.708. The first-order chi connectivity index (χ1) is 18.2. The van der Waals surface area contributed by atoms with Crippen molar-refractivity contribution in [2.75, 3.05) is 13.7 Å². The monoisotopic (exact) mass is 558 g/mol. The minimum absolute atomic E-state index is 0.00915. The molecule has 3 amide bonds. The van der Waals surface area contributed by atoms with Crippen molar-refractivity contribution in [3.63, 3.8) is 0 Å². The van der Waals surface area contributed by atoms with Crippen molar-refractivity contribution in [3.05, 3.63) is 86.9 Å². The zero-order valence-electron chi connectivity index (χ0n) is 20.1. The lowest BCUT2D eigenvalue weighted by molar-refractivity contribution is -0.123. The van der Waals surface area contributed by atoms with Crippen LogP contribution in [-0.2, 0) is 16.1 Å². The van der Waals surface area contributed by atoms with Gasteiger partial charge in [-0.05, 0) is 61.0 Å². The molecule has 0 bridgehead atoms. The number of nitrogens with one attached hydrogen (secondary N) is 1. The van der Waals surface area contributed by atoms with Crippen LogP contribution in [0.2, 0.25) is 10.0 Å². The molecule has 196 valence electrons. The number of halogens is 2. The number of carbonyl (C=O) groups is 4. The van der Waals surface area contributed by atoms with Crippen LogP contribution in [0.5, 0.6) is 11.5 Å². The van der Waals surface area contributed by atoms with E-state index in [9.17, 15) is 19.2 Å². The van der Waals surface area contributed by atoms with Crippen LogP contribution in [-0.4, -0.2) is 42.5 Å². The quantitative estimate of drug-likeness (QED) is 0.175. The summed E-state index contributed by atoms with van der Waals surface area (Å²) < 4.78 is 21.0. The van der Waals surface area contributed by atoms with Gasteiger partial charge in [0, 0.05) is 5.02 Å². The maximum absolute atomic E-state index is 12.9. The van der Waals surface area contributed by atoms with Crippen molar-refractivity contribution >= 4 is 53.2 Å². The Morgan fingerprint density at radius 1 is 1.03 bits per heavy atom. The van der Waals surface area contributed by atoms with Gasteiger partial charge < -0.3 is 23.9 Å². The predicted octanol–water partition coefficient (Wildman–Crippen LogP) is 5.08. The number of carbonyl (C=O) groups excluding carboxylic acids is 4. The molecule has 1 aromatic heterocycles. The largest absolute Gasteiger partial charge is 0.490 e. The van der Waals surface area contributed by atoms with Crippen molar-refractivity contribution in [1.29, 1.82) is 0 Å². The average molecular weight is 559 g/mol. The van der Waals surface area contributed by atoms with Gasteiger partial charge in [-0.15, -0.1) is 0 Å². The molecule has 10 nitrogen and oxygen atoms in total. The van der Waals surface area contributed by atoms with Gasteiger partial charge in [0.2, 0.25) is 5.76 Å². The normalized spacial score (nSPS) is 14.0. The van der Waals surface area contributed by atoms with Gasteiger partial charge in [-0.1, -0.05) is 29.3 Å². The number of benzene rings is 2. The third-order valence-electron chi connectivity index (χ3n) is 5.26. The topological polar surface area (TPSA) is 124 Å². The number of amides is 3. The Hall–Kier alpha value is -4.28. The van der Waals surface area contributed by atoms with E-state index in [-0.39, 0.29) is 52.5 Å². The molecule has 2 heterocycles. The van der Waals surface area contributed by atoms with E-state index in [1.54, 1.807) is 19.1 Å².